The molecule has 0 saturated carbocycles. The molecule has 0 radical (unpaired) electrons. The molecule has 0 spiro atoms. The van der Waals surface area contributed by atoms with E-state index in [-0.39, 0.29) is 5.16 Å². The third-order valence-corrected chi connectivity index (χ3v) is 3.51. The molecule has 0 aromatic carbocycles. The monoisotopic (exact) mass is 230 g/mol. The summed E-state index contributed by atoms with van der Waals surface area (Å²) in [6.45, 7) is 2.36. The summed E-state index contributed by atoms with van der Waals surface area (Å²) < 4.78 is 24.6. The molecule has 1 aliphatic rings. The Hall–Kier alpha value is -0.950. The molecule has 0 fully saturated rings. The number of sulfone groups is 1. The Kier molecular flexibility index (Phi) is 2.51. The van der Waals surface area contributed by atoms with Crippen LogP contribution in [0.5, 0.6) is 0 Å². The van der Waals surface area contributed by atoms with Crippen LogP contribution in [0, 0.1) is 0 Å². The van der Waals surface area contributed by atoms with Crippen LogP contribution in [0.1, 0.15) is 5.82 Å². The van der Waals surface area contributed by atoms with Gasteiger partial charge in [-0.25, -0.2) is 8.42 Å². The summed E-state index contributed by atoms with van der Waals surface area (Å²) in [6, 6.07) is 0. The van der Waals surface area contributed by atoms with Crippen LogP contribution in [0.15, 0.2) is 5.16 Å². The Labute approximate surface area is 88.8 Å². The highest BCUT2D eigenvalue weighted by Crippen LogP contribution is 2.12. The SMILES string of the molecule is CN1CCc2nnc(S(C)(=O)=O)n2CC1. The molecule has 0 N–H and O–H groups in total. The van der Waals surface area contributed by atoms with Crippen molar-refractivity contribution in [2.45, 2.75) is 18.1 Å². The van der Waals surface area contributed by atoms with E-state index < -0.39 is 9.84 Å². The van der Waals surface area contributed by atoms with Crippen LogP contribution >= 0.6 is 0 Å². The molecule has 84 valence electrons. The maximum Gasteiger partial charge on any atom is 0.249 e. The van der Waals surface area contributed by atoms with Crippen molar-refractivity contribution in [1.29, 1.82) is 0 Å². The zero-order valence-electron chi connectivity index (χ0n) is 8.84. The molecule has 0 unspecified atom stereocenters. The molecule has 2 rings (SSSR count). The fourth-order valence-corrected chi connectivity index (χ4v) is 2.46. The summed E-state index contributed by atoms with van der Waals surface area (Å²) in [4.78, 5) is 2.15. The molecule has 1 aliphatic heterocycles. The summed E-state index contributed by atoms with van der Waals surface area (Å²) in [5.74, 6) is 0.764. The summed E-state index contributed by atoms with van der Waals surface area (Å²) in [7, 11) is -1.25. The first kappa shape index (κ1) is 10.6. The standard InChI is InChI=1S/C8H14N4O2S/c1-11-4-3-7-9-10-8(15(2,13)14)12(7)6-5-11/h3-6H2,1-2H3. The minimum absolute atomic E-state index is 0.0906. The normalized spacial score (nSPS) is 18.5. The minimum Gasteiger partial charge on any atom is -0.304 e. The second-order valence-electron chi connectivity index (χ2n) is 3.88. The molecule has 0 saturated heterocycles. The third-order valence-electron chi connectivity index (χ3n) is 2.55. The van der Waals surface area contributed by atoms with Crippen molar-refractivity contribution in [2.75, 3.05) is 26.4 Å². The van der Waals surface area contributed by atoms with E-state index in [2.05, 4.69) is 15.1 Å². The molecule has 6 nitrogen and oxygen atoms in total. The second kappa shape index (κ2) is 3.57. The van der Waals surface area contributed by atoms with Crippen LogP contribution in [0.3, 0.4) is 0 Å². The largest absolute Gasteiger partial charge is 0.304 e. The third kappa shape index (κ3) is 2.03. The molecule has 7 heteroatoms. The van der Waals surface area contributed by atoms with Crippen molar-refractivity contribution >= 4 is 9.84 Å². The van der Waals surface area contributed by atoms with Gasteiger partial charge in [-0.05, 0) is 7.05 Å². The predicted octanol–water partition coefficient (Wildman–Crippen LogP) is -0.830. The molecular weight excluding hydrogens is 216 g/mol. The van der Waals surface area contributed by atoms with E-state index in [1.165, 1.54) is 6.26 Å². The lowest BCUT2D eigenvalue weighted by Gasteiger charge is -2.11. The van der Waals surface area contributed by atoms with E-state index in [4.69, 9.17) is 0 Å². The van der Waals surface area contributed by atoms with Crippen LogP contribution in [-0.2, 0) is 22.8 Å². The topological polar surface area (TPSA) is 68.1 Å². The van der Waals surface area contributed by atoms with Gasteiger partial charge in [0.05, 0.1) is 0 Å². The second-order valence-corrected chi connectivity index (χ2v) is 5.79. The van der Waals surface area contributed by atoms with Gasteiger partial charge in [0.15, 0.2) is 0 Å². The molecule has 1 aromatic heterocycles. The minimum atomic E-state index is -3.26. The molecule has 1 aromatic rings. The first-order valence-corrected chi connectivity index (χ1v) is 6.68. The summed E-state index contributed by atoms with van der Waals surface area (Å²) in [5, 5.41) is 7.76. The highest BCUT2D eigenvalue weighted by molar-refractivity contribution is 7.90. The van der Waals surface area contributed by atoms with Gasteiger partial charge >= 0.3 is 0 Å². The first-order valence-electron chi connectivity index (χ1n) is 4.79. The van der Waals surface area contributed by atoms with Crippen LogP contribution in [0.25, 0.3) is 0 Å². The van der Waals surface area contributed by atoms with Gasteiger partial charge in [0.25, 0.3) is 0 Å². The van der Waals surface area contributed by atoms with Crippen molar-refractivity contribution < 1.29 is 8.42 Å². The highest BCUT2D eigenvalue weighted by atomic mass is 32.2. The number of hydrogen-bond acceptors (Lipinski definition) is 5. The summed E-state index contributed by atoms with van der Waals surface area (Å²) in [6.07, 6.45) is 1.91. The van der Waals surface area contributed by atoms with Crippen LogP contribution in [0.4, 0.5) is 0 Å². The fraction of sp³-hybridized carbons (Fsp3) is 0.750. The van der Waals surface area contributed by atoms with Crippen molar-refractivity contribution in [3.8, 4) is 0 Å². The van der Waals surface area contributed by atoms with Crippen LogP contribution in [0.2, 0.25) is 0 Å². The molecule has 0 bridgehead atoms. The first-order chi connectivity index (χ1) is 6.98. The lowest BCUT2D eigenvalue weighted by Crippen LogP contribution is -2.22. The van der Waals surface area contributed by atoms with Crippen LogP contribution < -0.4 is 0 Å². The average molecular weight is 230 g/mol. The average Bonchev–Trinajstić information content (AvgIpc) is 2.46. The Morgan fingerprint density at radius 1 is 1.20 bits per heavy atom. The van der Waals surface area contributed by atoms with E-state index in [0.717, 1.165) is 25.3 Å². The quantitative estimate of drug-likeness (QED) is 0.630. The van der Waals surface area contributed by atoms with Gasteiger partial charge in [0, 0.05) is 32.3 Å². The smallest absolute Gasteiger partial charge is 0.249 e. The number of rotatable bonds is 1. The van der Waals surface area contributed by atoms with E-state index in [0.29, 0.717) is 6.54 Å². The fourth-order valence-electron chi connectivity index (χ4n) is 1.68. The van der Waals surface area contributed by atoms with E-state index in [1.807, 2.05) is 7.05 Å². The van der Waals surface area contributed by atoms with Gasteiger partial charge in [-0.3, -0.25) is 0 Å². The molecule has 0 atom stereocenters. The summed E-state index contributed by atoms with van der Waals surface area (Å²) in [5.41, 5.74) is 0. The van der Waals surface area contributed by atoms with E-state index >= 15 is 0 Å². The number of fused-ring (bicyclic) bond motifs is 1. The maximum absolute atomic E-state index is 11.4. The zero-order valence-corrected chi connectivity index (χ0v) is 9.66. The van der Waals surface area contributed by atoms with Crippen molar-refractivity contribution in [3.05, 3.63) is 5.82 Å². The molecule has 15 heavy (non-hydrogen) atoms. The predicted molar refractivity (Wildman–Crippen MR) is 54.3 cm³/mol. The lowest BCUT2D eigenvalue weighted by atomic mass is 10.4. The Morgan fingerprint density at radius 2 is 1.93 bits per heavy atom. The Bertz CT molecular complexity index is 465. The number of likely N-dealkylation sites (N-methyl/N-ethyl adjacent to an activating group) is 1. The van der Waals surface area contributed by atoms with E-state index in [1.54, 1.807) is 4.57 Å². The van der Waals surface area contributed by atoms with Crippen molar-refractivity contribution in [3.63, 3.8) is 0 Å². The zero-order chi connectivity index (χ0) is 11.1. The number of hydrogen-bond donors (Lipinski definition) is 0. The van der Waals surface area contributed by atoms with Gasteiger partial charge in [0.2, 0.25) is 15.0 Å². The van der Waals surface area contributed by atoms with Crippen LogP contribution in [-0.4, -0.2) is 54.5 Å². The maximum atomic E-state index is 11.4. The van der Waals surface area contributed by atoms with Gasteiger partial charge in [-0.15, -0.1) is 10.2 Å². The summed E-state index contributed by atoms with van der Waals surface area (Å²) >= 11 is 0. The van der Waals surface area contributed by atoms with E-state index in [9.17, 15) is 8.42 Å². The Morgan fingerprint density at radius 3 is 2.60 bits per heavy atom. The van der Waals surface area contributed by atoms with Gasteiger partial charge in [0.1, 0.15) is 5.82 Å². The van der Waals surface area contributed by atoms with Gasteiger partial charge in [-0.1, -0.05) is 0 Å². The molecular formula is C8H14N4O2S. The number of aromatic nitrogens is 3. The molecule has 0 amide bonds. The highest BCUT2D eigenvalue weighted by Gasteiger charge is 2.22. The molecule has 2 heterocycles. The van der Waals surface area contributed by atoms with Gasteiger partial charge < -0.3 is 9.47 Å². The lowest BCUT2D eigenvalue weighted by molar-refractivity contribution is 0.337. The van der Waals surface area contributed by atoms with Gasteiger partial charge in [-0.2, -0.15) is 0 Å². The molecule has 0 aliphatic carbocycles. The number of nitrogens with zero attached hydrogens (tertiary/aromatic N) is 4. The van der Waals surface area contributed by atoms with Crippen molar-refractivity contribution in [1.82, 2.24) is 19.7 Å². The van der Waals surface area contributed by atoms with Crippen molar-refractivity contribution in [2.24, 2.45) is 0 Å². The Balaban J connectivity index is 2.43.